The van der Waals surface area contributed by atoms with E-state index in [4.69, 9.17) is 0 Å². The molecule has 140 valence electrons. The summed E-state index contributed by atoms with van der Waals surface area (Å²) < 4.78 is 37.5. The van der Waals surface area contributed by atoms with E-state index in [1.54, 1.807) is 0 Å². The molecule has 0 saturated carbocycles. The minimum atomic E-state index is -4.40. The molecule has 1 amide bonds. The van der Waals surface area contributed by atoms with Crippen molar-refractivity contribution in [2.24, 2.45) is 0 Å². The van der Waals surface area contributed by atoms with Gasteiger partial charge in [-0.05, 0) is 35.9 Å². The third-order valence-corrected chi connectivity index (χ3v) is 3.74. The van der Waals surface area contributed by atoms with Crippen LogP contribution >= 0.6 is 0 Å². The van der Waals surface area contributed by atoms with Crippen molar-refractivity contribution in [3.63, 3.8) is 0 Å². The van der Waals surface area contributed by atoms with Gasteiger partial charge in [0.25, 0.3) is 0 Å². The summed E-state index contributed by atoms with van der Waals surface area (Å²) in [6.45, 7) is 0.403. The van der Waals surface area contributed by atoms with Gasteiger partial charge in [0.15, 0.2) is 0 Å². The Morgan fingerprint density at radius 2 is 1.74 bits per heavy atom. The van der Waals surface area contributed by atoms with Crippen molar-refractivity contribution in [2.75, 3.05) is 5.32 Å². The highest BCUT2D eigenvalue weighted by molar-refractivity contribution is 5.90. The van der Waals surface area contributed by atoms with Crippen LogP contribution in [0, 0.1) is 0 Å². The number of aryl methyl sites for hydroxylation is 1. The SMILES string of the molecule is O=C(CCCn1nnc(-c2ccccc2)n1)Nc1ccc(C(F)(F)F)cc1. The summed E-state index contributed by atoms with van der Waals surface area (Å²) >= 11 is 0. The first-order chi connectivity index (χ1) is 12.9. The molecule has 0 aliphatic carbocycles. The van der Waals surface area contributed by atoms with Crippen LogP contribution in [0.15, 0.2) is 54.6 Å². The molecule has 3 rings (SSSR count). The molecule has 1 heterocycles. The molecule has 27 heavy (non-hydrogen) atoms. The lowest BCUT2D eigenvalue weighted by Gasteiger charge is -2.08. The lowest BCUT2D eigenvalue weighted by molar-refractivity contribution is -0.137. The quantitative estimate of drug-likeness (QED) is 0.712. The number of carbonyl (C=O) groups excluding carboxylic acids is 1. The summed E-state index contributed by atoms with van der Waals surface area (Å²) in [5, 5.41) is 14.7. The van der Waals surface area contributed by atoms with Gasteiger partial charge in [0, 0.05) is 17.7 Å². The van der Waals surface area contributed by atoms with Crippen LogP contribution in [0.2, 0.25) is 0 Å². The summed E-state index contributed by atoms with van der Waals surface area (Å²) in [5.74, 6) is 0.211. The van der Waals surface area contributed by atoms with Gasteiger partial charge < -0.3 is 5.32 Å². The van der Waals surface area contributed by atoms with E-state index in [9.17, 15) is 18.0 Å². The maximum atomic E-state index is 12.5. The van der Waals surface area contributed by atoms with E-state index in [-0.39, 0.29) is 12.3 Å². The lowest BCUT2D eigenvalue weighted by Crippen LogP contribution is -2.13. The molecule has 0 radical (unpaired) electrons. The third kappa shape index (κ3) is 5.13. The monoisotopic (exact) mass is 375 g/mol. The third-order valence-electron chi connectivity index (χ3n) is 3.74. The number of anilines is 1. The van der Waals surface area contributed by atoms with Gasteiger partial charge in [0.05, 0.1) is 12.1 Å². The second-order valence-corrected chi connectivity index (χ2v) is 5.80. The summed E-state index contributed by atoms with van der Waals surface area (Å²) in [4.78, 5) is 13.3. The lowest BCUT2D eigenvalue weighted by atomic mass is 10.2. The van der Waals surface area contributed by atoms with Gasteiger partial charge in [-0.15, -0.1) is 10.2 Å². The molecule has 1 N–H and O–H groups in total. The van der Waals surface area contributed by atoms with Gasteiger partial charge in [-0.1, -0.05) is 30.3 Å². The van der Waals surface area contributed by atoms with Gasteiger partial charge >= 0.3 is 6.18 Å². The molecule has 3 aromatic rings. The Balaban J connectivity index is 1.47. The van der Waals surface area contributed by atoms with E-state index in [0.29, 0.717) is 24.5 Å². The Labute approximate surface area is 153 Å². The Hall–Kier alpha value is -3.23. The van der Waals surface area contributed by atoms with E-state index < -0.39 is 11.7 Å². The van der Waals surface area contributed by atoms with Crippen molar-refractivity contribution >= 4 is 11.6 Å². The molecule has 0 atom stereocenters. The number of aromatic nitrogens is 4. The van der Waals surface area contributed by atoms with E-state index >= 15 is 0 Å². The number of amides is 1. The van der Waals surface area contributed by atoms with E-state index in [1.165, 1.54) is 16.9 Å². The van der Waals surface area contributed by atoms with Gasteiger partial charge in [-0.2, -0.15) is 18.0 Å². The molecule has 1 aromatic heterocycles. The highest BCUT2D eigenvalue weighted by Gasteiger charge is 2.29. The molecule has 9 heteroatoms. The maximum Gasteiger partial charge on any atom is 0.416 e. The Morgan fingerprint density at radius 1 is 1.04 bits per heavy atom. The molecule has 0 saturated heterocycles. The average Bonchev–Trinajstić information content (AvgIpc) is 3.11. The Kier molecular flexibility index (Phi) is 5.49. The molecule has 0 fully saturated rings. The second-order valence-electron chi connectivity index (χ2n) is 5.80. The van der Waals surface area contributed by atoms with Crippen molar-refractivity contribution in [1.29, 1.82) is 0 Å². The van der Waals surface area contributed by atoms with Crippen molar-refractivity contribution in [3.05, 3.63) is 60.2 Å². The van der Waals surface area contributed by atoms with Gasteiger partial charge in [-0.3, -0.25) is 4.79 Å². The largest absolute Gasteiger partial charge is 0.416 e. The van der Waals surface area contributed by atoms with Crippen molar-refractivity contribution < 1.29 is 18.0 Å². The average molecular weight is 375 g/mol. The molecule has 6 nitrogen and oxygen atoms in total. The molecule has 0 aliphatic heterocycles. The van der Waals surface area contributed by atoms with Crippen LogP contribution in [0.5, 0.6) is 0 Å². The zero-order valence-corrected chi connectivity index (χ0v) is 14.1. The predicted molar refractivity (Wildman–Crippen MR) is 92.6 cm³/mol. The van der Waals surface area contributed by atoms with Crippen molar-refractivity contribution in [3.8, 4) is 11.4 Å². The number of carbonyl (C=O) groups is 1. The van der Waals surface area contributed by atoms with Gasteiger partial charge in [-0.25, -0.2) is 0 Å². The fourth-order valence-corrected chi connectivity index (χ4v) is 2.39. The number of nitrogens with one attached hydrogen (secondary N) is 1. The molecule has 0 spiro atoms. The number of benzene rings is 2. The van der Waals surface area contributed by atoms with Crippen LogP contribution in [-0.4, -0.2) is 26.1 Å². The first-order valence-electron chi connectivity index (χ1n) is 8.22. The zero-order chi connectivity index (χ0) is 19.3. The van der Waals surface area contributed by atoms with Crippen molar-refractivity contribution in [2.45, 2.75) is 25.6 Å². The Morgan fingerprint density at radius 3 is 2.41 bits per heavy atom. The fourth-order valence-electron chi connectivity index (χ4n) is 2.39. The molecule has 2 aromatic carbocycles. The number of hydrogen-bond donors (Lipinski definition) is 1. The van der Waals surface area contributed by atoms with Crippen LogP contribution in [0.4, 0.5) is 18.9 Å². The summed E-state index contributed by atoms with van der Waals surface area (Å²) in [7, 11) is 0. The highest BCUT2D eigenvalue weighted by Crippen LogP contribution is 2.29. The topological polar surface area (TPSA) is 72.7 Å². The number of alkyl halides is 3. The van der Waals surface area contributed by atoms with Gasteiger partial charge in [0.2, 0.25) is 11.7 Å². The zero-order valence-electron chi connectivity index (χ0n) is 14.1. The maximum absolute atomic E-state index is 12.5. The van der Waals surface area contributed by atoms with Crippen LogP contribution < -0.4 is 5.32 Å². The summed E-state index contributed by atoms with van der Waals surface area (Å²) in [6.07, 6.45) is -3.74. The van der Waals surface area contributed by atoms with E-state index in [1.807, 2.05) is 30.3 Å². The minimum Gasteiger partial charge on any atom is -0.326 e. The van der Waals surface area contributed by atoms with Crippen LogP contribution in [0.25, 0.3) is 11.4 Å². The number of nitrogens with zero attached hydrogens (tertiary/aromatic N) is 4. The standard InChI is InChI=1S/C18H16F3N5O/c19-18(20,21)14-8-10-15(11-9-14)22-16(27)7-4-12-26-24-17(23-25-26)13-5-2-1-3-6-13/h1-3,5-6,8-11H,4,7,12H2,(H,22,27). The summed E-state index contributed by atoms with van der Waals surface area (Å²) in [6, 6.07) is 13.7. The van der Waals surface area contributed by atoms with E-state index in [0.717, 1.165) is 17.7 Å². The number of halogens is 3. The van der Waals surface area contributed by atoms with Gasteiger partial charge in [0.1, 0.15) is 0 Å². The summed E-state index contributed by atoms with van der Waals surface area (Å²) in [5.41, 5.74) is 0.411. The highest BCUT2D eigenvalue weighted by atomic mass is 19.4. The molecule has 0 bridgehead atoms. The normalized spacial score (nSPS) is 11.4. The first kappa shape index (κ1) is 18.6. The Bertz CT molecular complexity index is 891. The first-order valence-corrected chi connectivity index (χ1v) is 8.22. The number of hydrogen-bond acceptors (Lipinski definition) is 4. The van der Waals surface area contributed by atoms with Crippen LogP contribution in [0.1, 0.15) is 18.4 Å². The smallest absolute Gasteiger partial charge is 0.326 e. The van der Waals surface area contributed by atoms with Crippen molar-refractivity contribution in [1.82, 2.24) is 20.2 Å². The van der Waals surface area contributed by atoms with Crippen LogP contribution in [-0.2, 0) is 17.5 Å². The van der Waals surface area contributed by atoms with E-state index in [2.05, 4.69) is 20.7 Å². The van der Waals surface area contributed by atoms with Crippen LogP contribution in [0.3, 0.4) is 0 Å². The number of rotatable bonds is 6. The fraction of sp³-hybridized carbons (Fsp3) is 0.222. The molecular weight excluding hydrogens is 359 g/mol. The molecular formula is C18H16F3N5O. The molecule has 0 unspecified atom stereocenters. The second kappa shape index (κ2) is 7.98. The minimum absolute atomic E-state index is 0.184. The predicted octanol–water partition coefficient (Wildman–Crippen LogP) is 3.78. The number of tetrazole rings is 1. The molecule has 0 aliphatic rings.